The van der Waals surface area contributed by atoms with Crippen molar-refractivity contribution in [1.82, 2.24) is 10.3 Å². The average molecular weight is 371 g/mol. The lowest BCUT2D eigenvalue weighted by Gasteiger charge is -2.03. The first kappa shape index (κ1) is 17.3. The standard InChI is InChI=1S/C18H17N3O2S2/c1-12(22)20-14-6-4-13(5-7-14)16-11-25-18(21-16)10-19-17(23)9-15-3-2-8-24-15/h2-8,11H,9-10H2,1H3,(H,19,23)(H,20,22). The maximum atomic E-state index is 11.9. The number of rotatable bonds is 6. The molecule has 2 aromatic heterocycles. The maximum Gasteiger partial charge on any atom is 0.225 e. The quantitative estimate of drug-likeness (QED) is 0.694. The third-order valence-corrected chi connectivity index (χ3v) is 5.13. The van der Waals surface area contributed by atoms with Gasteiger partial charge >= 0.3 is 0 Å². The summed E-state index contributed by atoms with van der Waals surface area (Å²) in [6.45, 7) is 1.91. The molecule has 0 aliphatic rings. The van der Waals surface area contributed by atoms with E-state index >= 15 is 0 Å². The van der Waals surface area contributed by atoms with Gasteiger partial charge in [0.2, 0.25) is 11.8 Å². The first-order chi connectivity index (χ1) is 12.1. The number of hydrogen-bond acceptors (Lipinski definition) is 5. The Balaban J connectivity index is 1.56. The molecule has 128 valence electrons. The third-order valence-electron chi connectivity index (χ3n) is 3.40. The second kappa shape index (κ2) is 8.04. The zero-order valence-corrected chi connectivity index (χ0v) is 15.2. The lowest BCUT2D eigenvalue weighted by atomic mass is 10.1. The minimum atomic E-state index is -0.0954. The zero-order valence-electron chi connectivity index (χ0n) is 13.6. The molecule has 5 nitrogen and oxygen atoms in total. The monoisotopic (exact) mass is 371 g/mol. The first-order valence-electron chi connectivity index (χ1n) is 7.71. The van der Waals surface area contributed by atoms with E-state index in [2.05, 4.69) is 15.6 Å². The van der Waals surface area contributed by atoms with Gasteiger partial charge in [0.15, 0.2) is 0 Å². The van der Waals surface area contributed by atoms with Crippen LogP contribution in [-0.2, 0) is 22.6 Å². The fourth-order valence-corrected chi connectivity index (χ4v) is 3.71. The van der Waals surface area contributed by atoms with Crippen LogP contribution in [0.5, 0.6) is 0 Å². The molecule has 0 radical (unpaired) electrons. The lowest BCUT2D eigenvalue weighted by Crippen LogP contribution is -2.24. The number of carbonyl (C=O) groups excluding carboxylic acids is 2. The van der Waals surface area contributed by atoms with Gasteiger partial charge in [-0.25, -0.2) is 4.98 Å². The number of hydrogen-bond donors (Lipinski definition) is 2. The first-order valence-corrected chi connectivity index (χ1v) is 9.47. The van der Waals surface area contributed by atoms with Gasteiger partial charge in [-0.2, -0.15) is 0 Å². The van der Waals surface area contributed by atoms with Crippen molar-refractivity contribution in [2.45, 2.75) is 19.9 Å². The predicted octanol–water partition coefficient (Wildman–Crippen LogP) is 3.69. The van der Waals surface area contributed by atoms with Crippen molar-refractivity contribution in [2.75, 3.05) is 5.32 Å². The molecule has 7 heteroatoms. The second-order valence-corrected chi connectivity index (χ2v) is 7.39. The van der Waals surface area contributed by atoms with Crippen molar-refractivity contribution in [3.8, 4) is 11.3 Å². The number of amides is 2. The maximum absolute atomic E-state index is 11.9. The summed E-state index contributed by atoms with van der Waals surface area (Å²) in [5.74, 6) is -0.0964. The van der Waals surface area contributed by atoms with E-state index in [1.165, 1.54) is 18.3 Å². The molecule has 2 heterocycles. The van der Waals surface area contributed by atoms with Gasteiger partial charge < -0.3 is 10.6 Å². The molecule has 3 aromatic rings. The van der Waals surface area contributed by atoms with Crippen LogP contribution in [0.3, 0.4) is 0 Å². The summed E-state index contributed by atoms with van der Waals surface area (Å²) in [5.41, 5.74) is 2.59. The van der Waals surface area contributed by atoms with E-state index in [4.69, 9.17) is 0 Å². The average Bonchev–Trinajstić information content (AvgIpc) is 3.25. The Labute approximate surface area is 153 Å². The van der Waals surface area contributed by atoms with E-state index in [0.29, 0.717) is 13.0 Å². The third kappa shape index (κ3) is 4.98. The molecule has 25 heavy (non-hydrogen) atoms. The summed E-state index contributed by atoms with van der Waals surface area (Å²) in [6, 6.07) is 11.4. The molecule has 0 bridgehead atoms. The van der Waals surface area contributed by atoms with E-state index in [0.717, 1.165) is 26.8 Å². The molecule has 0 atom stereocenters. The zero-order chi connectivity index (χ0) is 17.6. The Hall–Kier alpha value is -2.51. The van der Waals surface area contributed by atoms with Crippen LogP contribution in [0, 0.1) is 0 Å². The summed E-state index contributed by atoms with van der Waals surface area (Å²) in [5, 5.41) is 10.4. The van der Waals surface area contributed by atoms with Gasteiger partial charge in [0.05, 0.1) is 18.7 Å². The summed E-state index contributed by atoms with van der Waals surface area (Å²) < 4.78 is 0. The Morgan fingerprint density at radius 3 is 2.60 bits per heavy atom. The van der Waals surface area contributed by atoms with E-state index in [9.17, 15) is 9.59 Å². The number of nitrogens with one attached hydrogen (secondary N) is 2. The molecule has 1 aromatic carbocycles. The fraction of sp³-hybridized carbons (Fsp3) is 0.167. The Kier molecular flexibility index (Phi) is 5.57. The van der Waals surface area contributed by atoms with E-state index in [1.54, 1.807) is 11.3 Å². The van der Waals surface area contributed by atoms with Crippen molar-refractivity contribution in [2.24, 2.45) is 0 Å². The van der Waals surface area contributed by atoms with Crippen LogP contribution < -0.4 is 10.6 Å². The SMILES string of the molecule is CC(=O)Nc1ccc(-c2csc(CNC(=O)Cc3cccs3)n2)cc1. The predicted molar refractivity (Wildman–Crippen MR) is 102 cm³/mol. The van der Waals surface area contributed by atoms with Crippen LogP contribution in [-0.4, -0.2) is 16.8 Å². The number of benzene rings is 1. The smallest absolute Gasteiger partial charge is 0.225 e. The van der Waals surface area contributed by atoms with Crippen LogP contribution in [0.15, 0.2) is 47.2 Å². The summed E-state index contributed by atoms with van der Waals surface area (Å²) in [6.07, 6.45) is 0.403. The minimum Gasteiger partial charge on any atom is -0.349 e. The normalized spacial score (nSPS) is 10.4. The van der Waals surface area contributed by atoms with Gasteiger partial charge in [-0.1, -0.05) is 18.2 Å². The van der Waals surface area contributed by atoms with Gasteiger partial charge in [-0.05, 0) is 23.6 Å². The molecule has 0 fully saturated rings. The molecule has 3 rings (SSSR count). The summed E-state index contributed by atoms with van der Waals surface area (Å²) >= 11 is 3.10. The van der Waals surface area contributed by atoms with Gasteiger partial charge in [-0.15, -0.1) is 22.7 Å². The Morgan fingerprint density at radius 1 is 1.12 bits per heavy atom. The Bertz CT molecular complexity index is 855. The van der Waals surface area contributed by atoms with E-state index < -0.39 is 0 Å². The van der Waals surface area contributed by atoms with Crippen LogP contribution in [0.2, 0.25) is 0 Å². The minimum absolute atomic E-state index is 0.00106. The van der Waals surface area contributed by atoms with Crippen LogP contribution >= 0.6 is 22.7 Å². The van der Waals surface area contributed by atoms with Gasteiger partial charge in [0.25, 0.3) is 0 Å². The number of carbonyl (C=O) groups is 2. The summed E-state index contributed by atoms with van der Waals surface area (Å²) in [4.78, 5) is 28.6. The number of anilines is 1. The van der Waals surface area contributed by atoms with E-state index in [1.807, 2.05) is 47.2 Å². The highest BCUT2D eigenvalue weighted by molar-refractivity contribution is 7.10. The van der Waals surface area contributed by atoms with Gasteiger partial charge in [-0.3, -0.25) is 9.59 Å². The molecule has 0 aliphatic carbocycles. The number of thiazole rings is 1. The van der Waals surface area contributed by atoms with Crippen molar-refractivity contribution in [3.05, 3.63) is 57.0 Å². The number of nitrogens with zero attached hydrogens (tertiary/aromatic N) is 1. The van der Waals surface area contributed by atoms with Gasteiger partial charge in [0.1, 0.15) is 5.01 Å². The number of aromatic nitrogens is 1. The van der Waals surface area contributed by atoms with Crippen molar-refractivity contribution < 1.29 is 9.59 Å². The second-order valence-electron chi connectivity index (χ2n) is 5.42. The Morgan fingerprint density at radius 2 is 1.92 bits per heavy atom. The van der Waals surface area contributed by atoms with Crippen molar-refractivity contribution >= 4 is 40.2 Å². The van der Waals surface area contributed by atoms with Crippen LogP contribution in [0.4, 0.5) is 5.69 Å². The van der Waals surface area contributed by atoms with Crippen LogP contribution in [0.25, 0.3) is 11.3 Å². The molecule has 2 N–H and O–H groups in total. The van der Waals surface area contributed by atoms with Crippen molar-refractivity contribution in [3.63, 3.8) is 0 Å². The molecule has 0 unspecified atom stereocenters. The highest BCUT2D eigenvalue weighted by atomic mass is 32.1. The topological polar surface area (TPSA) is 71.1 Å². The molecule has 0 aliphatic heterocycles. The summed E-state index contributed by atoms with van der Waals surface area (Å²) in [7, 11) is 0. The molecule has 0 saturated carbocycles. The van der Waals surface area contributed by atoms with Crippen molar-refractivity contribution in [1.29, 1.82) is 0 Å². The fourth-order valence-electron chi connectivity index (χ4n) is 2.26. The molecular weight excluding hydrogens is 354 g/mol. The molecule has 2 amide bonds. The highest BCUT2D eigenvalue weighted by Crippen LogP contribution is 2.23. The highest BCUT2D eigenvalue weighted by Gasteiger charge is 2.08. The molecule has 0 spiro atoms. The lowest BCUT2D eigenvalue weighted by molar-refractivity contribution is -0.120. The largest absolute Gasteiger partial charge is 0.349 e. The van der Waals surface area contributed by atoms with Gasteiger partial charge in [0, 0.05) is 28.4 Å². The van der Waals surface area contributed by atoms with Crippen LogP contribution in [0.1, 0.15) is 16.8 Å². The van der Waals surface area contributed by atoms with E-state index in [-0.39, 0.29) is 11.8 Å². The molecular formula is C18H17N3O2S2. The molecule has 0 saturated heterocycles. The number of thiophene rings is 1.